The zero-order valence-electron chi connectivity index (χ0n) is 16.0. The number of ether oxygens (including phenoxy) is 4. The van der Waals surface area contributed by atoms with Crippen molar-refractivity contribution in [3.05, 3.63) is 47.5 Å². The Balaban J connectivity index is 2.27. The van der Waals surface area contributed by atoms with Gasteiger partial charge in [0.25, 0.3) is 5.91 Å². The number of methoxy groups -OCH3 is 3. The molecule has 0 saturated heterocycles. The highest BCUT2D eigenvalue weighted by Gasteiger charge is 2.22. The Hall–Kier alpha value is -3.22. The highest BCUT2D eigenvalue weighted by atomic mass is 16.5. The van der Waals surface area contributed by atoms with Crippen LogP contribution < -0.4 is 19.5 Å². The lowest BCUT2D eigenvalue weighted by Crippen LogP contribution is -2.31. The lowest BCUT2D eigenvalue weighted by atomic mass is 10.1. The van der Waals surface area contributed by atoms with Crippen LogP contribution in [0.25, 0.3) is 0 Å². The number of amides is 1. The average Bonchev–Trinajstić information content (AvgIpc) is 2.68. The van der Waals surface area contributed by atoms with E-state index in [0.29, 0.717) is 17.2 Å². The highest BCUT2D eigenvalue weighted by Crippen LogP contribution is 2.34. The number of para-hydroxylation sites is 1. The third kappa shape index (κ3) is 4.69. The van der Waals surface area contributed by atoms with Crippen LogP contribution in [0.2, 0.25) is 0 Å². The van der Waals surface area contributed by atoms with Crippen LogP contribution >= 0.6 is 0 Å². The number of aryl methyl sites for hydroxylation is 1. The lowest BCUT2D eigenvalue weighted by Gasteiger charge is -2.18. The van der Waals surface area contributed by atoms with E-state index in [9.17, 15) is 9.59 Å². The van der Waals surface area contributed by atoms with Gasteiger partial charge in [0.05, 0.1) is 32.6 Å². The van der Waals surface area contributed by atoms with Gasteiger partial charge in [-0.2, -0.15) is 0 Å². The second-order valence-corrected chi connectivity index (χ2v) is 5.76. The molecule has 1 N–H and O–H groups in total. The second kappa shape index (κ2) is 8.93. The summed E-state index contributed by atoms with van der Waals surface area (Å²) in [6, 6.07) is 10.4. The van der Waals surface area contributed by atoms with Crippen molar-refractivity contribution in [3.63, 3.8) is 0 Å². The number of carbonyl (C=O) groups excluding carboxylic acids is 2. The first-order valence-corrected chi connectivity index (χ1v) is 8.28. The van der Waals surface area contributed by atoms with Crippen molar-refractivity contribution in [2.75, 3.05) is 26.6 Å². The van der Waals surface area contributed by atoms with E-state index in [4.69, 9.17) is 18.9 Å². The fourth-order valence-electron chi connectivity index (χ4n) is 2.43. The van der Waals surface area contributed by atoms with E-state index < -0.39 is 18.0 Å². The first-order valence-electron chi connectivity index (χ1n) is 8.28. The molecule has 0 spiro atoms. The van der Waals surface area contributed by atoms with Gasteiger partial charge in [-0.05, 0) is 25.5 Å². The number of esters is 1. The van der Waals surface area contributed by atoms with E-state index in [2.05, 4.69) is 5.32 Å². The van der Waals surface area contributed by atoms with Gasteiger partial charge in [-0.1, -0.05) is 18.2 Å². The Morgan fingerprint density at radius 1 is 0.963 bits per heavy atom. The third-order valence-corrected chi connectivity index (χ3v) is 3.95. The molecule has 0 saturated carbocycles. The quantitative estimate of drug-likeness (QED) is 0.751. The summed E-state index contributed by atoms with van der Waals surface area (Å²) in [5, 5.41) is 2.69. The maximum atomic E-state index is 12.6. The summed E-state index contributed by atoms with van der Waals surface area (Å²) >= 11 is 0. The molecule has 27 heavy (non-hydrogen) atoms. The largest absolute Gasteiger partial charge is 0.493 e. The fourth-order valence-corrected chi connectivity index (χ4v) is 2.43. The minimum absolute atomic E-state index is 0.145. The molecule has 0 bridgehead atoms. The van der Waals surface area contributed by atoms with Crippen LogP contribution in [-0.4, -0.2) is 39.3 Å². The van der Waals surface area contributed by atoms with E-state index in [1.54, 1.807) is 13.0 Å². The normalized spacial score (nSPS) is 11.3. The van der Waals surface area contributed by atoms with Crippen LogP contribution in [0.3, 0.4) is 0 Å². The topological polar surface area (TPSA) is 83.1 Å². The maximum Gasteiger partial charge on any atom is 0.340 e. The molecular formula is C20H23NO6. The van der Waals surface area contributed by atoms with E-state index in [1.165, 1.54) is 33.5 Å². The standard InChI is InChI=1S/C20H23NO6/c1-12-8-6-7-9-16(12)27-13(2)19(22)21-15-11-18(25-4)17(24-3)10-14(15)20(23)26-5/h6-11,13H,1-5H3,(H,21,22). The molecule has 0 aliphatic carbocycles. The average molecular weight is 373 g/mol. The number of carbonyl (C=O) groups is 2. The Kier molecular flexibility index (Phi) is 6.65. The van der Waals surface area contributed by atoms with Crippen molar-refractivity contribution in [2.24, 2.45) is 0 Å². The van der Waals surface area contributed by atoms with E-state index in [-0.39, 0.29) is 11.3 Å². The van der Waals surface area contributed by atoms with Gasteiger partial charge in [-0.25, -0.2) is 4.79 Å². The Morgan fingerprint density at radius 2 is 1.59 bits per heavy atom. The molecule has 7 nitrogen and oxygen atoms in total. The third-order valence-electron chi connectivity index (χ3n) is 3.95. The molecule has 0 aliphatic rings. The van der Waals surface area contributed by atoms with Crippen molar-refractivity contribution in [1.82, 2.24) is 0 Å². The number of hydrogen-bond donors (Lipinski definition) is 1. The zero-order chi connectivity index (χ0) is 20.0. The smallest absolute Gasteiger partial charge is 0.340 e. The number of benzene rings is 2. The first kappa shape index (κ1) is 20.1. The van der Waals surface area contributed by atoms with Crippen LogP contribution in [0.4, 0.5) is 5.69 Å². The molecule has 0 fully saturated rings. The Morgan fingerprint density at radius 3 is 2.19 bits per heavy atom. The lowest BCUT2D eigenvalue weighted by molar-refractivity contribution is -0.122. The van der Waals surface area contributed by atoms with Gasteiger partial charge in [-0.15, -0.1) is 0 Å². The summed E-state index contributed by atoms with van der Waals surface area (Å²) in [5.41, 5.74) is 1.30. The van der Waals surface area contributed by atoms with Gasteiger partial charge in [0.2, 0.25) is 0 Å². The van der Waals surface area contributed by atoms with Crippen LogP contribution in [0.5, 0.6) is 17.2 Å². The predicted molar refractivity (Wildman–Crippen MR) is 101 cm³/mol. The van der Waals surface area contributed by atoms with Crippen molar-refractivity contribution >= 4 is 17.6 Å². The van der Waals surface area contributed by atoms with Gasteiger partial charge in [0, 0.05) is 12.1 Å². The summed E-state index contributed by atoms with van der Waals surface area (Å²) < 4.78 is 20.9. The van der Waals surface area contributed by atoms with Gasteiger partial charge in [0.1, 0.15) is 5.75 Å². The van der Waals surface area contributed by atoms with Crippen LogP contribution in [0.1, 0.15) is 22.8 Å². The summed E-state index contributed by atoms with van der Waals surface area (Å²) in [6.45, 7) is 3.52. The molecule has 0 aliphatic heterocycles. The molecule has 2 aromatic carbocycles. The molecule has 1 amide bonds. The van der Waals surface area contributed by atoms with Crippen molar-refractivity contribution in [2.45, 2.75) is 20.0 Å². The summed E-state index contributed by atoms with van der Waals surface area (Å²) in [5.74, 6) is 0.294. The minimum atomic E-state index is -0.787. The molecular weight excluding hydrogens is 350 g/mol. The van der Waals surface area contributed by atoms with Gasteiger partial charge in [-0.3, -0.25) is 4.79 Å². The zero-order valence-corrected chi connectivity index (χ0v) is 16.0. The molecule has 144 valence electrons. The van der Waals surface area contributed by atoms with Crippen molar-refractivity contribution in [3.8, 4) is 17.2 Å². The van der Waals surface area contributed by atoms with Crippen LogP contribution in [0, 0.1) is 6.92 Å². The molecule has 2 aromatic rings. The number of rotatable bonds is 7. The number of nitrogens with one attached hydrogen (secondary N) is 1. The van der Waals surface area contributed by atoms with E-state index >= 15 is 0 Å². The number of anilines is 1. The molecule has 2 rings (SSSR count). The molecule has 1 atom stereocenters. The van der Waals surface area contributed by atoms with Gasteiger partial charge >= 0.3 is 5.97 Å². The van der Waals surface area contributed by atoms with Crippen molar-refractivity contribution < 1.29 is 28.5 Å². The van der Waals surface area contributed by atoms with Gasteiger partial charge in [0.15, 0.2) is 17.6 Å². The summed E-state index contributed by atoms with van der Waals surface area (Å²) in [4.78, 5) is 24.7. The molecule has 7 heteroatoms. The Bertz CT molecular complexity index is 833. The monoisotopic (exact) mass is 373 g/mol. The number of hydrogen-bond acceptors (Lipinski definition) is 6. The van der Waals surface area contributed by atoms with Gasteiger partial charge < -0.3 is 24.3 Å². The maximum absolute atomic E-state index is 12.6. The van der Waals surface area contributed by atoms with Crippen molar-refractivity contribution in [1.29, 1.82) is 0 Å². The van der Waals surface area contributed by atoms with Crippen LogP contribution in [-0.2, 0) is 9.53 Å². The molecule has 0 radical (unpaired) electrons. The van der Waals surface area contributed by atoms with E-state index in [0.717, 1.165) is 5.56 Å². The van der Waals surface area contributed by atoms with E-state index in [1.807, 2.05) is 25.1 Å². The summed E-state index contributed by atoms with van der Waals surface area (Å²) in [7, 11) is 4.18. The summed E-state index contributed by atoms with van der Waals surface area (Å²) in [6.07, 6.45) is -0.787. The SMILES string of the molecule is COC(=O)c1cc(OC)c(OC)cc1NC(=O)C(C)Oc1ccccc1C. The predicted octanol–water partition coefficient (Wildman–Crippen LogP) is 3.20. The molecule has 1 unspecified atom stereocenters. The minimum Gasteiger partial charge on any atom is -0.493 e. The highest BCUT2D eigenvalue weighted by molar-refractivity contribution is 6.03. The molecule has 0 heterocycles. The second-order valence-electron chi connectivity index (χ2n) is 5.76. The molecule has 0 aromatic heterocycles. The first-order chi connectivity index (χ1) is 12.9. The fraction of sp³-hybridized carbons (Fsp3) is 0.300. The van der Waals surface area contributed by atoms with Crippen LogP contribution in [0.15, 0.2) is 36.4 Å². The Labute approximate surface area is 158 Å².